The van der Waals surface area contributed by atoms with E-state index in [4.69, 9.17) is 0 Å². The van der Waals surface area contributed by atoms with E-state index in [1.807, 2.05) is 0 Å². The maximum Gasteiger partial charge on any atom is 0.405 e. The Morgan fingerprint density at radius 1 is 1.33 bits per heavy atom. The van der Waals surface area contributed by atoms with Gasteiger partial charge >= 0.3 is 6.18 Å². The number of anilines is 1. The summed E-state index contributed by atoms with van der Waals surface area (Å²) in [6, 6.07) is 3.24. The number of alkyl halides is 3. The van der Waals surface area contributed by atoms with E-state index in [9.17, 15) is 13.2 Å². The lowest BCUT2D eigenvalue weighted by atomic mass is 10.2. The molecule has 0 amide bonds. The van der Waals surface area contributed by atoms with E-state index < -0.39 is 12.7 Å². The molecular formula is C11H9BrF3N3. The first-order valence-electron chi connectivity index (χ1n) is 5.05. The van der Waals surface area contributed by atoms with E-state index in [1.165, 1.54) is 25.5 Å². The molecule has 0 aliphatic carbocycles. The van der Waals surface area contributed by atoms with Crippen molar-refractivity contribution in [3.05, 3.63) is 29.0 Å². The van der Waals surface area contributed by atoms with Crippen LogP contribution in [-0.2, 0) is 0 Å². The lowest BCUT2D eigenvalue weighted by Crippen LogP contribution is -2.31. The van der Waals surface area contributed by atoms with Crippen LogP contribution in [0.5, 0.6) is 0 Å². The van der Waals surface area contributed by atoms with Crippen molar-refractivity contribution < 1.29 is 13.2 Å². The van der Waals surface area contributed by atoms with Crippen LogP contribution in [0, 0.1) is 0 Å². The van der Waals surface area contributed by atoms with Crippen LogP contribution >= 0.6 is 15.9 Å². The number of aromatic nitrogens is 2. The molecule has 7 heteroatoms. The van der Waals surface area contributed by atoms with Crippen molar-refractivity contribution in [3.63, 3.8) is 0 Å². The first-order chi connectivity index (χ1) is 8.37. The Hall–Kier alpha value is -1.37. The number of fused-ring (bicyclic) bond motifs is 1. The van der Waals surface area contributed by atoms with Gasteiger partial charge in [0, 0.05) is 23.9 Å². The molecule has 2 heterocycles. The highest BCUT2D eigenvalue weighted by molar-refractivity contribution is 9.10. The topological polar surface area (TPSA) is 29.0 Å². The van der Waals surface area contributed by atoms with Gasteiger partial charge in [0.1, 0.15) is 12.1 Å². The summed E-state index contributed by atoms with van der Waals surface area (Å²) >= 11 is 3.25. The fraction of sp³-hybridized carbons (Fsp3) is 0.273. The SMILES string of the molecule is CN(CC(F)(F)F)c1ccnc2cc(Br)cnc12. The quantitative estimate of drug-likeness (QED) is 0.849. The van der Waals surface area contributed by atoms with Gasteiger partial charge in [-0.25, -0.2) is 0 Å². The maximum atomic E-state index is 12.4. The Labute approximate surface area is 110 Å². The molecular weight excluding hydrogens is 311 g/mol. The van der Waals surface area contributed by atoms with Crippen molar-refractivity contribution in [2.45, 2.75) is 6.18 Å². The van der Waals surface area contributed by atoms with E-state index in [0.29, 0.717) is 16.7 Å². The highest BCUT2D eigenvalue weighted by Gasteiger charge is 2.30. The molecule has 0 saturated heterocycles. The van der Waals surface area contributed by atoms with Gasteiger partial charge in [-0.3, -0.25) is 9.97 Å². The fourth-order valence-electron chi connectivity index (χ4n) is 1.65. The number of pyridine rings is 2. The Balaban J connectivity index is 2.45. The van der Waals surface area contributed by atoms with E-state index in [2.05, 4.69) is 25.9 Å². The summed E-state index contributed by atoms with van der Waals surface area (Å²) in [5, 5.41) is 0. The Morgan fingerprint density at radius 3 is 2.72 bits per heavy atom. The Morgan fingerprint density at radius 2 is 2.06 bits per heavy atom. The molecule has 0 aromatic carbocycles. The second-order valence-electron chi connectivity index (χ2n) is 3.82. The summed E-state index contributed by atoms with van der Waals surface area (Å²) in [4.78, 5) is 9.31. The number of rotatable bonds is 2. The fourth-order valence-corrected chi connectivity index (χ4v) is 1.97. The molecule has 0 unspecified atom stereocenters. The third kappa shape index (κ3) is 2.90. The molecule has 96 valence electrons. The molecule has 0 aliphatic rings. The minimum absolute atomic E-state index is 0.407. The van der Waals surface area contributed by atoms with Crippen molar-refractivity contribution in [1.29, 1.82) is 0 Å². The predicted octanol–water partition coefficient (Wildman–Crippen LogP) is 3.39. The predicted molar refractivity (Wildman–Crippen MR) is 66.6 cm³/mol. The van der Waals surface area contributed by atoms with Crippen LogP contribution in [0.15, 0.2) is 29.0 Å². The van der Waals surface area contributed by atoms with Gasteiger partial charge in [0.15, 0.2) is 0 Å². The van der Waals surface area contributed by atoms with Crippen molar-refractivity contribution in [3.8, 4) is 0 Å². The van der Waals surface area contributed by atoms with Gasteiger partial charge in [0.2, 0.25) is 0 Å². The van der Waals surface area contributed by atoms with Gasteiger partial charge in [-0.15, -0.1) is 0 Å². The average Bonchev–Trinajstić information content (AvgIpc) is 2.25. The van der Waals surface area contributed by atoms with Crippen LogP contribution in [0.25, 0.3) is 11.0 Å². The standard InChI is InChI=1S/C11H9BrF3N3/c1-18(6-11(13,14)15)9-2-3-16-8-4-7(12)5-17-10(8)9/h2-5H,6H2,1H3. The van der Waals surface area contributed by atoms with Gasteiger partial charge in [0.05, 0.1) is 11.2 Å². The molecule has 0 aliphatic heterocycles. The van der Waals surface area contributed by atoms with Gasteiger partial charge < -0.3 is 4.90 Å². The van der Waals surface area contributed by atoms with Crippen molar-refractivity contribution in [1.82, 2.24) is 9.97 Å². The third-order valence-corrected chi connectivity index (χ3v) is 2.78. The molecule has 18 heavy (non-hydrogen) atoms. The van der Waals surface area contributed by atoms with Crippen molar-refractivity contribution >= 4 is 32.7 Å². The first-order valence-corrected chi connectivity index (χ1v) is 5.84. The Kier molecular flexibility index (Phi) is 3.43. The van der Waals surface area contributed by atoms with Crippen molar-refractivity contribution in [2.75, 3.05) is 18.5 Å². The van der Waals surface area contributed by atoms with Gasteiger partial charge in [-0.1, -0.05) is 0 Å². The summed E-state index contributed by atoms with van der Waals surface area (Å²) in [6.07, 6.45) is -1.24. The second-order valence-corrected chi connectivity index (χ2v) is 4.74. The summed E-state index contributed by atoms with van der Waals surface area (Å²) in [7, 11) is 1.38. The van der Waals surface area contributed by atoms with Crippen LogP contribution < -0.4 is 4.90 Å². The number of nitrogens with zero attached hydrogens (tertiary/aromatic N) is 3. The average molecular weight is 320 g/mol. The maximum absolute atomic E-state index is 12.4. The lowest BCUT2D eigenvalue weighted by molar-refractivity contribution is -0.119. The summed E-state index contributed by atoms with van der Waals surface area (Å²) in [5.74, 6) is 0. The Bertz CT molecular complexity index is 571. The molecule has 0 saturated carbocycles. The minimum Gasteiger partial charge on any atom is -0.364 e. The second kappa shape index (κ2) is 4.72. The highest BCUT2D eigenvalue weighted by atomic mass is 79.9. The monoisotopic (exact) mass is 319 g/mol. The van der Waals surface area contributed by atoms with Gasteiger partial charge in [0.25, 0.3) is 0 Å². The highest BCUT2D eigenvalue weighted by Crippen LogP contribution is 2.27. The van der Waals surface area contributed by atoms with Gasteiger partial charge in [-0.05, 0) is 28.1 Å². The molecule has 0 atom stereocenters. The zero-order chi connectivity index (χ0) is 13.3. The van der Waals surface area contributed by atoms with E-state index in [1.54, 1.807) is 6.07 Å². The van der Waals surface area contributed by atoms with Gasteiger partial charge in [-0.2, -0.15) is 13.2 Å². The normalized spacial score (nSPS) is 11.8. The van der Waals surface area contributed by atoms with E-state index in [-0.39, 0.29) is 0 Å². The van der Waals surface area contributed by atoms with E-state index >= 15 is 0 Å². The number of hydrogen-bond donors (Lipinski definition) is 0. The molecule has 3 nitrogen and oxygen atoms in total. The zero-order valence-electron chi connectivity index (χ0n) is 9.37. The van der Waals surface area contributed by atoms with Crippen LogP contribution in [-0.4, -0.2) is 29.7 Å². The number of hydrogen-bond acceptors (Lipinski definition) is 3. The van der Waals surface area contributed by atoms with Crippen LogP contribution in [0.2, 0.25) is 0 Å². The summed E-state index contributed by atoms with van der Waals surface area (Å²) in [6.45, 7) is -1.02. The zero-order valence-corrected chi connectivity index (χ0v) is 11.0. The molecule has 0 N–H and O–H groups in total. The molecule has 0 bridgehead atoms. The van der Waals surface area contributed by atoms with Crippen LogP contribution in [0.3, 0.4) is 0 Å². The molecule has 0 spiro atoms. The molecule has 2 rings (SSSR count). The minimum atomic E-state index is -4.25. The number of halogens is 4. The molecule has 2 aromatic rings. The molecule has 0 fully saturated rings. The van der Waals surface area contributed by atoms with Crippen LogP contribution in [0.1, 0.15) is 0 Å². The largest absolute Gasteiger partial charge is 0.405 e. The summed E-state index contributed by atoms with van der Waals surface area (Å²) < 4.78 is 37.8. The smallest absolute Gasteiger partial charge is 0.364 e. The first kappa shape index (κ1) is 13.1. The van der Waals surface area contributed by atoms with E-state index in [0.717, 1.165) is 9.37 Å². The lowest BCUT2D eigenvalue weighted by Gasteiger charge is -2.21. The summed E-state index contributed by atoms with van der Waals surface area (Å²) in [5.41, 5.74) is 1.41. The third-order valence-electron chi connectivity index (χ3n) is 2.35. The molecule has 0 radical (unpaired) electrons. The van der Waals surface area contributed by atoms with Crippen LogP contribution in [0.4, 0.5) is 18.9 Å². The molecule has 2 aromatic heterocycles. The van der Waals surface area contributed by atoms with Crippen molar-refractivity contribution in [2.24, 2.45) is 0 Å².